The first-order chi connectivity index (χ1) is 12.2. The number of carbonyl (C=O) groups excluding carboxylic acids is 1. The summed E-state index contributed by atoms with van der Waals surface area (Å²) in [6, 6.07) is 20.5. The molecule has 3 aromatic rings. The molecule has 3 aromatic carbocycles. The zero-order chi connectivity index (χ0) is 17.4. The van der Waals surface area contributed by atoms with Crippen LogP contribution in [0.1, 0.15) is 5.56 Å². The Balaban J connectivity index is 2.05. The topological polar surface area (TPSA) is 41.1 Å². The molecule has 2 N–H and O–H groups in total. The van der Waals surface area contributed by atoms with Crippen molar-refractivity contribution in [2.24, 2.45) is 0 Å². The molecule has 0 unspecified atom stereocenters. The van der Waals surface area contributed by atoms with Gasteiger partial charge in [-0.25, -0.2) is 4.79 Å². The number of benzene rings is 3. The van der Waals surface area contributed by atoms with Gasteiger partial charge in [-0.1, -0.05) is 48.0 Å². The van der Waals surface area contributed by atoms with Crippen molar-refractivity contribution >= 4 is 29.2 Å². The van der Waals surface area contributed by atoms with Gasteiger partial charge in [0.2, 0.25) is 0 Å². The lowest BCUT2D eigenvalue weighted by atomic mass is 9.92. The molecule has 1 aliphatic rings. The number of aryl methyl sites for hydroxylation is 1. The molecule has 0 radical (unpaired) electrons. The van der Waals surface area contributed by atoms with Gasteiger partial charge in [-0.15, -0.1) is 11.8 Å². The molecule has 0 atom stereocenters. The Labute approximate surface area is 151 Å². The van der Waals surface area contributed by atoms with Gasteiger partial charge in [0.05, 0.1) is 11.4 Å². The van der Waals surface area contributed by atoms with E-state index in [1.807, 2.05) is 30.5 Å². The number of rotatable bonds is 2. The van der Waals surface area contributed by atoms with E-state index in [9.17, 15) is 4.79 Å². The monoisotopic (exact) mass is 346 g/mol. The second-order valence-electron chi connectivity index (χ2n) is 6.09. The molecule has 0 fully saturated rings. The molecule has 124 valence electrons. The highest BCUT2D eigenvalue weighted by atomic mass is 32.2. The summed E-state index contributed by atoms with van der Waals surface area (Å²) >= 11 is 1.67. The fourth-order valence-corrected chi connectivity index (χ4v) is 3.64. The first-order valence-electron chi connectivity index (χ1n) is 8.12. The Morgan fingerprint density at radius 3 is 2.32 bits per heavy atom. The van der Waals surface area contributed by atoms with Crippen molar-refractivity contribution in [3.8, 4) is 22.3 Å². The lowest BCUT2D eigenvalue weighted by molar-refractivity contribution is 0.262. The van der Waals surface area contributed by atoms with E-state index >= 15 is 0 Å². The van der Waals surface area contributed by atoms with Crippen molar-refractivity contribution in [3.05, 3.63) is 66.2 Å². The first kappa shape index (κ1) is 15.8. The Hall–Kier alpha value is -2.72. The van der Waals surface area contributed by atoms with Crippen molar-refractivity contribution < 1.29 is 4.79 Å². The van der Waals surface area contributed by atoms with Crippen LogP contribution in [0.4, 0.5) is 16.2 Å². The molecule has 2 amide bonds. The molecule has 1 aliphatic heterocycles. The van der Waals surface area contributed by atoms with Gasteiger partial charge in [0.15, 0.2) is 0 Å². The highest BCUT2D eigenvalue weighted by molar-refractivity contribution is 7.98. The van der Waals surface area contributed by atoms with Gasteiger partial charge in [0.25, 0.3) is 0 Å². The van der Waals surface area contributed by atoms with E-state index < -0.39 is 0 Å². The highest BCUT2D eigenvalue weighted by Crippen LogP contribution is 2.44. The standard InChI is InChI=1S/C21H18N2OS/c1-13-7-9-14(10-8-13)17-11-15(25-2)12-19-20(17)16-5-3-4-6-18(16)22-21(24)23-19/h3-12H,1-2H3,(H2,22,23,24). The summed E-state index contributed by atoms with van der Waals surface area (Å²) in [7, 11) is 0. The van der Waals surface area contributed by atoms with Crippen LogP contribution in [0.15, 0.2) is 65.6 Å². The summed E-state index contributed by atoms with van der Waals surface area (Å²) in [4.78, 5) is 13.4. The van der Waals surface area contributed by atoms with E-state index in [2.05, 4.69) is 54.0 Å². The molecule has 0 aliphatic carbocycles. The van der Waals surface area contributed by atoms with Gasteiger partial charge < -0.3 is 10.6 Å². The summed E-state index contributed by atoms with van der Waals surface area (Å²) in [5, 5.41) is 5.94. The van der Waals surface area contributed by atoms with Crippen LogP contribution < -0.4 is 10.6 Å². The van der Waals surface area contributed by atoms with E-state index in [-0.39, 0.29) is 6.03 Å². The molecule has 0 aromatic heterocycles. The highest BCUT2D eigenvalue weighted by Gasteiger charge is 2.22. The maximum absolute atomic E-state index is 12.3. The summed E-state index contributed by atoms with van der Waals surface area (Å²) in [5.41, 5.74) is 7.23. The number of urea groups is 1. The van der Waals surface area contributed by atoms with E-state index in [1.165, 1.54) is 5.56 Å². The molecule has 0 saturated heterocycles. The average molecular weight is 346 g/mol. The third kappa shape index (κ3) is 2.89. The van der Waals surface area contributed by atoms with Gasteiger partial charge in [0, 0.05) is 16.0 Å². The lowest BCUT2D eigenvalue weighted by Gasteiger charge is -2.16. The Morgan fingerprint density at radius 1 is 0.840 bits per heavy atom. The number of hydrogen-bond acceptors (Lipinski definition) is 2. The van der Waals surface area contributed by atoms with Crippen molar-refractivity contribution in [2.45, 2.75) is 11.8 Å². The van der Waals surface area contributed by atoms with E-state index in [4.69, 9.17) is 0 Å². The molecule has 25 heavy (non-hydrogen) atoms. The average Bonchev–Trinajstić information content (AvgIpc) is 2.76. The Bertz CT molecular complexity index is 964. The van der Waals surface area contributed by atoms with Crippen LogP contribution in [0.5, 0.6) is 0 Å². The summed E-state index contributed by atoms with van der Waals surface area (Å²) in [6.45, 7) is 2.09. The van der Waals surface area contributed by atoms with Crippen LogP contribution in [-0.4, -0.2) is 12.3 Å². The fraction of sp³-hybridized carbons (Fsp3) is 0.0952. The Morgan fingerprint density at radius 2 is 1.56 bits per heavy atom. The smallest absolute Gasteiger partial charge is 0.307 e. The molecule has 4 rings (SSSR count). The zero-order valence-corrected chi connectivity index (χ0v) is 14.9. The van der Waals surface area contributed by atoms with Crippen LogP contribution in [0.25, 0.3) is 22.3 Å². The maximum atomic E-state index is 12.3. The predicted molar refractivity (Wildman–Crippen MR) is 106 cm³/mol. The molecule has 4 heteroatoms. The predicted octanol–water partition coefficient (Wildman–Crippen LogP) is 6.01. The number of carbonyl (C=O) groups is 1. The Kier molecular flexibility index (Phi) is 3.98. The number of para-hydroxylation sites is 1. The second kappa shape index (κ2) is 6.30. The number of amides is 2. The lowest BCUT2D eigenvalue weighted by Crippen LogP contribution is -2.17. The number of nitrogens with one attached hydrogen (secondary N) is 2. The normalized spacial score (nSPS) is 12.5. The maximum Gasteiger partial charge on any atom is 0.323 e. The number of hydrogen-bond donors (Lipinski definition) is 2. The third-order valence-electron chi connectivity index (χ3n) is 4.40. The van der Waals surface area contributed by atoms with E-state index in [0.29, 0.717) is 0 Å². The van der Waals surface area contributed by atoms with E-state index in [0.717, 1.165) is 38.5 Å². The van der Waals surface area contributed by atoms with Gasteiger partial charge in [-0.2, -0.15) is 0 Å². The molecule has 3 nitrogen and oxygen atoms in total. The summed E-state index contributed by atoms with van der Waals surface area (Å²) < 4.78 is 0. The largest absolute Gasteiger partial charge is 0.323 e. The molecule has 0 bridgehead atoms. The van der Waals surface area contributed by atoms with Gasteiger partial charge in [-0.3, -0.25) is 0 Å². The van der Waals surface area contributed by atoms with Gasteiger partial charge >= 0.3 is 6.03 Å². The molecular weight excluding hydrogens is 328 g/mol. The number of fused-ring (bicyclic) bond motifs is 3. The summed E-state index contributed by atoms with van der Waals surface area (Å²) in [5.74, 6) is 0. The van der Waals surface area contributed by atoms with Crippen LogP contribution in [0.2, 0.25) is 0 Å². The molecule has 0 spiro atoms. The fourth-order valence-electron chi connectivity index (χ4n) is 3.17. The summed E-state index contributed by atoms with van der Waals surface area (Å²) in [6.07, 6.45) is 2.05. The zero-order valence-electron chi connectivity index (χ0n) is 14.1. The minimum absolute atomic E-state index is 0.209. The second-order valence-corrected chi connectivity index (χ2v) is 6.97. The molecular formula is C21H18N2OS. The third-order valence-corrected chi connectivity index (χ3v) is 5.11. The van der Waals surface area contributed by atoms with Crippen LogP contribution in [0.3, 0.4) is 0 Å². The quantitative estimate of drug-likeness (QED) is 0.558. The van der Waals surface area contributed by atoms with Gasteiger partial charge in [-0.05, 0) is 42.5 Å². The SMILES string of the molecule is CSc1cc2c(c(-c3ccc(C)cc3)c1)-c1ccccc1NC(=O)N2. The molecule has 1 heterocycles. The van der Waals surface area contributed by atoms with Crippen molar-refractivity contribution in [1.82, 2.24) is 0 Å². The van der Waals surface area contributed by atoms with Crippen molar-refractivity contribution in [2.75, 3.05) is 16.9 Å². The van der Waals surface area contributed by atoms with Crippen molar-refractivity contribution in [3.63, 3.8) is 0 Å². The minimum atomic E-state index is -0.209. The van der Waals surface area contributed by atoms with Crippen LogP contribution >= 0.6 is 11.8 Å². The van der Waals surface area contributed by atoms with Crippen LogP contribution in [0, 0.1) is 6.92 Å². The number of anilines is 2. The van der Waals surface area contributed by atoms with Crippen LogP contribution in [-0.2, 0) is 0 Å². The number of thioether (sulfide) groups is 1. The first-order valence-corrected chi connectivity index (χ1v) is 9.34. The van der Waals surface area contributed by atoms with E-state index in [1.54, 1.807) is 11.8 Å². The van der Waals surface area contributed by atoms with Gasteiger partial charge in [0.1, 0.15) is 0 Å². The van der Waals surface area contributed by atoms with Crippen molar-refractivity contribution in [1.29, 1.82) is 0 Å². The minimum Gasteiger partial charge on any atom is -0.307 e. The molecule has 0 saturated carbocycles.